The Labute approximate surface area is 176 Å². The number of thiophene rings is 1. The summed E-state index contributed by atoms with van der Waals surface area (Å²) < 4.78 is 27.4. The average Bonchev–Trinajstić information content (AvgIpc) is 3.39. The van der Waals surface area contributed by atoms with Crippen molar-refractivity contribution in [3.63, 3.8) is 0 Å². The van der Waals surface area contributed by atoms with E-state index in [9.17, 15) is 8.42 Å². The van der Waals surface area contributed by atoms with Crippen molar-refractivity contribution < 1.29 is 8.42 Å². The second-order valence-electron chi connectivity index (χ2n) is 7.79. The van der Waals surface area contributed by atoms with Crippen molar-refractivity contribution in [1.82, 2.24) is 14.5 Å². The molecule has 3 heterocycles. The third-order valence-corrected chi connectivity index (χ3v) is 8.11. The van der Waals surface area contributed by atoms with Crippen LogP contribution in [0.4, 0.5) is 0 Å². The summed E-state index contributed by atoms with van der Waals surface area (Å²) in [5, 5.41) is 4.34. The number of rotatable bonds is 7. The maximum absolute atomic E-state index is 12.7. The van der Waals surface area contributed by atoms with Gasteiger partial charge in [0.2, 0.25) is 0 Å². The highest BCUT2D eigenvalue weighted by atomic mass is 32.2. The first-order valence-corrected chi connectivity index (χ1v) is 12.6. The molecular formula is C22H27N3O2S2. The average molecular weight is 430 g/mol. The summed E-state index contributed by atoms with van der Waals surface area (Å²) in [5.41, 5.74) is 2.45. The molecule has 3 aromatic rings. The predicted octanol–water partition coefficient (Wildman–Crippen LogP) is 4.11. The van der Waals surface area contributed by atoms with Crippen LogP contribution in [0.3, 0.4) is 0 Å². The Morgan fingerprint density at radius 3 is 2.59 bits per heavy atom. The molecule has 0 bridgehead atoms. The Morgan fingerprint density at radius 1 is 1.14 bits per heavy atom. The van der Waals surface area contributed by atoms with Crippen LogP contribution in [-0.4, -0.2) is 41.7 Å². The van der Waals surface area contributed by atoms with E-state index in [0.717, 1.165) is 43.9 Å². The highest BCUT2D eigenvalue weighted by Crippen LogP contribution is 2.28. The summed E-state index contributed by atoms with van der Waals surface area (Å²) in [6.45, 7) is 5.52. The third-order valence-electron chi connectivity index (χ3n) is 5.67. The first kappa shape index (κ1) is 20.3. The highest BCUT2D eigenvalue weighted by molar-refractivity contribution is 7.91. The molecule has 0 atom stereocenters. The van der Waals surface area contributed by atoms with Gasteiger partial charge in [0.15, 0.2) is 9.84 Å². The molecule has 0 N–H and O–H groups in total. The van der Waals surface area contributed by atoms with Gasteiger partial charge in [-0.3, -0.25) is 4.90 Å². The number of sulfone groups is 1. The molecule has 1 saturated heterocycles. The minimum absolute atomic E-state index is 0.0937. The maximum atomic E-state index is 12.7. The van der Waals surface area contributed by atoms with E-state index in [1.807, 2.05) is 29.8 Å². The SMILES string of the molecule is Cc1ccc(S(=O)(=O)CCn2ccnc2C2CCN(Cc3ccsc3)CC2)cc1. The predicted molar refractivity (Wildman–Crippen MR) is 117 cm³/mol. The fourth-order valence-corrected chi connectivity index (χ4v) is 5.83. The van der Waals surface area contributed by atoms with Crippen molar-refractivity contribution in [2.45, 2.75) is 43.7 Å². The molecule has 29 heavy (non-hydrogen) atoms. The molecule has 0 radical (unpaired) electrons. The largest absolute Gasteiger partial charge is 0.334 e. The number of aryl methyl sites for hydroxylation is 2. The van der Waals surface area contributed by atoms with Gasteiger partial charge in [0.05, 0.1) is 10.6 Å². The van der Waals surface area contributed by atoms with Gasteiger partial charge >= 0.3 is 0 Å². The van der Waals surface area contributed by atoms with Crippen LogP contribution in [0, 0.1) is 6.92 Å². The van der Waals surface area contributed by atoms with Crippen molar-refractivity contribution in [3.8, 4) is 0 Å². The lowest BCUT2D eigenvalue weighted by atomic mass is 9.95. The van der Waals surface area contributed by atoms with Crippen molar-refractivity contribution >= 4 is 21.2 Å². The molecule has 154 valence electrons. The monoisotopic (exact) mass is 429 g/mol. The standard InChI is InChI=1S/C22H27N3O2S2/c1-18-2-4-21(5-3-18)29(26,27)15-13-25-12-9-23-22(25)20-6-10-24(11-7-20)16-19-8-14-28-17-19/h2-5,8-9,12,14,17,20H,6-7,10-11,13,15-16H2,1H3. The van der Waals surface area contributed by atoms with E-state index in [0.29, 0.717) is 17.4 Å². The fraction of sp³-hybridized carbons (Fsp3) is 0.409. The van der Waals surface area contributed by atoms with Crippen LogP contribution in [0.5, 0.6) is 0 Å². The highest BCUT2D eigenvalue weighted by Gasteiger charge is 2.24. The Morgan fingerprint density at radius 2 is 1.90 bits per heavy atom. The van der Waals surface area contributed by atoms with Gasteiger partial charge in [0, 0.05) is 31.4 Å². The van der Waals surface area contributed by atoms with Crippen LogP contribution in [0.25, 0.3) is 0 Å². The molecule has 4 rings (SSSR count). The minimum Gasteiger partial charge on any atom is -0.334 e. The Hall–Kier alpha value is -1.96. The van der Waals surface area contributed by atoms with Crippen molar-refractivity contribution in [2.75, 3.05) is 18.8 Å². The number of aromatic nitrogens is 2. The second kappa shape index (κ2) is 8.81. The lowest BCUT2D eigenvalue weighted by Crippen LogP contribution is -2.33. The van der Waals surface area contributed by atoms with E-state index in [1.165, 1.54) is 5.56 Å². The number of likely N-dealkylation sites (tertiary alicyclic amines) is 1. The molecule has 2 aromatic heterocycles. The van der Waals surface area contributed by atoms with Gasteiger partial charge < -0.3 is 4.57 Å². The lowest BCUT2D eigenvalue weighted by molar-refractivity contribution is 0.200. The van der Waals surface area contributed by atoms with Crippen molar-refractivity contribution in [1.29, 1.82) is 0 Å². The Kier molecular flexibility index (Phi) is 6.18. The molecule has 0 aliphatic carbocycles. The van der Waals surface area contributed by atoms with E-state index in [1.54, 1.807) is 29.7 Å². The van der Waals surface area contributed by atoms with Crippen LogP contribution >= 0.6 is 11.3 Å². The van der Waals surface area contributed by atoms with Crippen LogP contribution in [0.1, 0.15) is 35.7 Å². The molecule has 1 aliphatic heterocycles. The molecular weight excluding hydrogens is 402 g/mol. The summed E-state index contributed by atoms with van der Waals surface area (Å²) in [7, 11) is -3.29. The number of benzene rings is 1. The first-order chi connectivity index (χ1) is 14.0. The first-order valence-electron chi connectivity index (χ1n) is 10.1. The topological polar surface area (TPSA) is 55.2 Å². The smallest absolute Gasteiger partial charge is 0.180 e. The maximum Gasteiger partial charge on any atom is 0.180 e. The molecule has 1 aliphatic rings. The third kappa shape index (κ3) is 4.97. The fourth-order valence-electron chi connectivity index (χ4n) is 3.94. The van der Waals surface area contributed by atoms with Gasteiger partial charge in [-0.15, -0.1) is 0 Å². The number of hydrogen-bond acceptors (Lipinski definition) is 5. The van der Waals surface area contributed by atoms with Gasteiger partial charge in [0.25, 0.3) is 0 Å². The molecule has 1 fully saturated rings. The summed E-state index contributed by atoms with van der Waals surface area (Å²) >= 11 is 1.75. The van der Waals surface area contributed by atoms with E-state index in [2.05, 4.69) is 26.7 Å². The molecule has 0 unspecified atom stereocenters. The normalized spacial score (nSPS) is 16.3. The van der Waals surface area contributed by atoms with Crippen LogP contribution in [0.15, 0.2) is 58.4 Å². The van der Waals surface area contributed by atoms with E-state index >= 15 is 0 Å². The number of nitrogens with zero attached hydrogens (tertiary/aromatic N) is 3. The number of hydrogen-bond donors (Lipinski definition) is 0. The quantitative estimate of drug-likeness (QED) is 0.567. The molecule has 0 saturated carbocycles. The molecule has 0 amide bonds. The van der Waals surface area contributed by atoms with Crippen molar-refractivity contribution in [2.24, 2.45) is 0 Å². The summed E-state index contributed by atoms with van der Waals surface area (Å²) in [6, 6.07) is 9.28. The van der Waals surface area contributed by atoms with Crippen molar-refractivity contribution in [3.05, 3.63) is 70.4 Å². The van der Waals surface area contributed by atoms with Crippen LogP contribution in [-0.2, 0) is 22.9 Å². The van der Waals surface area contributed by atoms with E-state index in [-0.39, 0.29) is 5.75 Å². The van der Waals surface area contributed by atoms with Gasteiger partial charge in [-0.25, -0.2) is 13.4 Å². The molecule has 1 aromatic carbocycles. The summed E-state index contributed by atoms with van der Waals surface area (Å²) in [5.74, 6) is 1.52. The zero-order valence-corrected chi connectivity index (χ0v) is 18.3. The summed E-state index contributed by atoms with van der Waals surface area (Å²) in [4.78, 5) is 7.47. The van der Waals surface area contributed by atoms with Crippen LogP contribution in [0.2, 0.25) is 0 Å². The summed E-state index contributed by atoms with van der Waals surface area (Å²) in [6.07, 6.45) is 5.83. The van der Waals surface area contributed by atoms with Gasteiger partial charge in [-0.2, -0.15) is 11.3 Å². The Balaban J connectivity index is 1.36. The van der Waals surface area contributed by atoms with E-state index < -0.39 is 9.84 Å². The minimum atomic E-state index is -3.29. The van der Waals surface area contributed by atoms with Gasteiger partial charge in [-0.1, -0.05) is 17.7 Å². The molecule has 7 heteroatoms. The number of imidazole rings is 1. The lowest BCUT2D eigenvalue weighted by Gasteiger charge is -2.31. The molecule has 0 spiro atoms. The van der Waals surface area contributed by atoms with Gasteiger partial charge in [-0.05, 0) is 67.4 Å². The zero-order chi connectivity index (χ0) is 20.3. The van der Waals surface area contributed by atoms with E-state index in [4.69, 9.17) is 0 Å². The second-order valence-corrected chi connectivity index (χ2v) is 10.7. The zero-order valence-electron chi connectivity index (χ0n) is 16.7. The molecule has 5 nitrogen and oxygen atoms in total. The van der Waals surface area contributed by atoms with Crippen LogP contribution < -0.4 is 0 Å². The Bertz CT molecular complexity index is 1020. The van der Waals surface area contributed by atoms with Gasteiger partial charge in [0.1, 0.15) is 5.82 Å². The number of piperidine rings is 1.